The van der Waals surface area contributed by atoms with E-state index in [2.05, 4.69) is 10.3 Å². The maximum Gasteiger partial charge on any atom is 0.293 e. The van der Waals surface area contributed by atoms with E-state index in [9.17, 15) is 18.4 Å². The molecule has 1 N–H and O–H groups in total. The van der Waals surface area contributed by atoms with Gasteiger partial charge in [0.1, 0.15) is 6.10 Å². The summed E-state index contributed by atoms with van der Waals surface area (Å²) in [5.74, 6) is -2.01. The van der Waals surface area contributed by atoms with Gasteiger partial charge in [-0.3, -0.25) is 9.59 Å². The van der Waals surface area contributed by atoms with Crippen molar-refractivity contribution >= 4 is 17.5 Å². The second-order valence-electron chi connectivity index (χ2n) is 6.18. The van der Waals surface area contributed by atoms with E-state index in [-0.39, 0.29) is 28.7 Å². The monoisotopic (exact) mass is 351 g/mol. The molecule has 1 fully saturated rings. The topological polar surface area (TPSA) is 73.2 Å². The predicted octanol–water partition coefficient (Wildman–Crippen LogP) is 1.75. The molecule has 1 heterocycles. The van der Waals surface area contributed by atoms with E-state index in [1.54, 1.807) is 0 Å². The van der Waals surface area contributed by atoms with Crippen LogP contribution in [0.1, 0.15) is 25.7 Å². The van der Waals surface area contributed by atoms with Gasteiger partial charge in [0.05, 0.1) is 17.2 Å². The molecule has 3 rings (SSSR count). The highest BCUT2D eigenvalue weighted by Gasteiger charge is 2.22. The average Bonchev–Trinajstić information content (AvgIpc) is 2.59. The first-order chi connectivity index (χ1) is 12.1. The fourth-order valence-corrected chi connectivity index (χ4v) is 3.30. The Labute approximate surface area is 142 Å². The number of aromatic nitrogens is 2. The van der Waals surface area contributed by atoms with Crippen LogP contribution in [-0.4, -0.2) is 34.7 Å². The van der Waals surface area contributed by atoms with Crippen molar-refractivity contribution in [3.05, 3.63) is 40.3 Å². The van der Waals surface area contributed by atoms with Crippen LogP contribution in [0.3, 0.4) is 0 Å². The minimum absolute atomic E-state index is 0.0784. The number of carbonyl (C=O) groups excluding carboxylic acids is 1. The van der Waals surface area contributed by atoms with Crippen molar-refractivity contribution in [2.75, 3.05) is 6.54 Å². The predicted molar refractivity (Wildman–Crippen MR) is 87.1 cm³/mol. The third kappa shape index (κ3) is 4.01. The number of fused-ring (bicyclic) bond motifs is 1. The third-order valence-corrected chi connectivity index (χ3v) is 4.53. The summed E-state index contributed by atoms with van der Waals surface area (Å²) in [7, 11) is 0. The molecule has 1 aliphatic rings. The Hall–Kier alpha value is -2.35. The largest absolute Gasteiger partial charge is 0.465 e. The first-order valence-electron chi connectivity index (χ1n) is 8.25. The fourth-order valence-electron chi connectivity index (χ4n) is 3.30. The zero-order chi connectivity index (χ0) is 17.8. The van der Waals surface area contributed by atoms with Crippen LogP contribution in [0, 0.1) is 11.6 Å². The molecule has 134 valence electrons. The molecule has 0 saturated heterocycles. The van der Waals surface area contributed by atoms with Gasteiger partial charge in [-0.15, -0.1) is 0 Å². The van der Waals surface area contributed by atoms with E-state index in [0.29, 0.717) is 19.6 Å². The van der Waals surface area contributed by atoms with Crippen molar-refractivity contribution in [2.24, 2.45) is 0 Å². The maximum absolute atomic E-state index is 13.5. The number of rotatable bonds is 6. The number of hydrogen-bond donors (Lipinski definition) is 1. The number of hydrogen-bond acceptors (Lipinski definition) is 5. The molecule has 2 aromatic rings. The molecule has 2 atom stereocenters. The molecule has 0 amide bonds. The van der Waals surface area contributed by atoms with Gasteiger partial charge in [0.25, 0.3) is 12.0 Å². The zero-order valence-electron chi connectivity index (χ0n) is 13.6. The molecule has 1 saturated carbocycles. The van der Waals surface area contributed by atoms with Crippen molar-refractivity contribution in [1.29, 1.82) is 0 Å². The Morgan fingerprint density at radius 1 is 1.32 bits per heavy atom. The summed E-state index contributed by atoms with van der Waals surface area (Å²) >= 11 is 0. The quantitative estimate of drug-likeness (QED) is 0.803. The summed E-state index contributed by atoms with van der Waals surface area (Å²) < 4.78 is 33.2. The zero-order valence-corrected chi connectivity index (χ0v) is 13.6. The van der Waals surface area contributed by atoms with E-state index in [4.69, 9.17) is 4.74 Å². The van der Waals surface area contributed by atoms with Gasteiger partial charge in [-0.2, -0.15) is 0 Å². The normalized spacial score (nSPS) is 20.6. The van der Waals surface area contributed by atoms with Gasteiger partial charge >= 0.3 is 0 Å². The Morgan fingerprint density at radius 2 is 2.12 bits per heavy atom. The molecule has 1 aliphatic carbocycles. The lowest BCUT2D eigenvalue weighted by molar-refractivity contribution is -0.135. The molecule has 1 aromatic carbocycles. The second-order valence-corrected chi connectivity index (χ2v) is 6.18. The van der Waals surface area contributed by atoms with Crippen LogP contribution in [0.15, 0.2) is 23.1 Å². The molecule has 8 heteroatoms. The van der Waals surface area contributed by atoms with Gasteiger partial charge in [0, 0.05) is 31.3 Å². The Balaban J connectivity index is 1.69. The number of nitrogens with zero attached hydrogens (tertiary/aromatic N) is 2. The van der Waals surface area contributed by atoms with Gasteiger partial charge in [0.15, 0.2) is 11.6 Å². The Morgan fingerprint density at radius 3 is 2.92 bits per heavy atom. The molecule has 0 bridgehead atoms. The molecule has 0 spiro atoms. The van der Waals surface area contributed by atoms with Crippen LogP contribution in [0.2, 0.25) is 0 Å². The SMILES string of the molecule is O=COC1CCCC(NCCn2c(=O)cnc3cc(F)c(F)cc32)C1. The molecular formula is C17H19F2N3O3. The highest BCUT2D eigenvalue weighted by molar-refractivity contribution is 5.74. The second kappa shape index (κ2) is 7.69. The number of halogens is 2. The van der Waals surface area contributed by atoms with E-state index >= 15 is 0 Å². The van der Waals surface area contributed by atoms with Crippen molar-refractivity contribution < 1.29 is 18.3 Å². The Kier molecular flexibility index (Phi) is 5.37. The van der Waals surface area contributed by atoms with Gasteiger partial charge in [-0.05, 0) is 25.7 Å². The highest BCUT2D eigenvalue weighted by atomic mass is 19.2. The van der Waals surface area contributed by atoms with Crippen LogP contribution in [0.4, 0.5) is 8.78 Å². The number of nitrogens with one attached hydrogen (secondary N) is 1. The van der Waals surface area contributed by atoms with Crippen LogP contribution in [0.5, 0.6) is 0 Å². The van der Waals surface area contributed by atoms with Gasteiger partial charge in [-0.1, -0.05) is 0 Å². The summed E-state index contributed by atoms with van der Waals surface area (Å²) in [5, 5.41) is 3.33. The minimum atomic E-state index is -1.01. The average molecular weight is 351 g/mol. The lowest BCUT2D eigenvalue weighted by Crippen LogP contribution is -2.39. The van der Waals surface area contributed by atoms with Gasteiger partial charge in [0.2, 0.25) is 0 Å². The van der Waals surface area contributed by atoms with Gasteiger partial charge in [-0.25, -0.2) is 13.8 Å². The lowest BCUT2D eigenvalue weighted by Gasteiger charge is -2.28. The molecule has 2 unspecified atom stereocenters. The number of benzene rings is 1. The fraction of sp³-hybridized carbons (Fsp3) is 0.471. The first kappa shape index (κ1) is 17.5. The van der Waals surface area contributed by atoms with E-state index < -0.39 is 11.6 Å². The summed E-state index contributed by atoms with van der Waals surface area (Å²) in [6, 6.07) is 2.17. The van der Waals surface area contributed by atoms with Crippen LogP contribution >= 0.6 is 0 Å². The molecule has 0 radical (unpaired) electrons. The van der Waals surface area contributed by atoms with Crippen molar-refractivity contribution in [3.8, 4) is 0 Å². The summed E-state index contributed by atoms with van der Waals surface area (Å²) in [6.07, 6.45) is 4.53. The molecule has 1 aromatic heterocycles. The van der Waals surface area contributed by atoms with E-state index in [1.165, 1.54) is 4.57 Å². The number of ether oxygens (including phenoxy) is 1. The van der Waals surface area contributed by atoms with Crippen molar-refractivity contribution in [3.63, 3.8) is 0 Å². The van der Waals surface area contributed by atoms with E-state index in [0.717, 1.165) is 44.0 Å². The molecule has 0 aliphatic heterocycles. The van der Waals surface area contributed by atoms with Crippen LogP contribution < -0.4 is 10.9 Å². The molecule has 25 heavy (non-hydrogen) atoms. The van der Waals surface area contributed by atoms with Gasteiger partial charge < -0.3 is 14.6 Å². The first-order valence-corrected chi connectivity index (χ1v) is 8.25. The minimum Gasteiger partial charge on any atom is -0.465 e. The van der Waals surface area contributed by atoms with Crippen LogP contribution in [0.25, 0.3) is 11.0 Å². The Bertz CT molecular complexity index is 825. The summed E-state index contributed by atoms with van der Waals surface area (Å²) in [6.45, 7) is 1.26. The van der Waals surface area contributed by atoms with Crippen molar-refractivity contribution in [2.45, 2.75) is 44.4 Å². The summed E-state index contributed by atoms with van der Waals surface area (Å²) in [4.78, 5) is 26.4. The van der Waals surface area contributed by atoms with E-state index in [1.807, 2.05) is 0 Å². The molecule has 6 nitrogen and oxygen atoms in total. The van der Waals surface area contributed by atoms with Crippen molar-refractivity contribution in [1.82, 2.24) is 14.9 Å². The highest BCUT2D eigenvalue weighted by Crippen LogP contribution is 2.20. The lowest BCUT2D eigenvalue weighted by atomic mass is 9.93. The number of carbonyl (C=O) groups is 1. The standard InChI is InChI=1S/C17H19F2N3O3/c18-13-7-15-16(8-14(13)19)22(17(24)9-21-15)5-4-20-11-2-1-3-12(6-11)25-10-23/h7-12,20H,1-6H2. The molecular weight excluding hydrogens is 332 g/mol. The third-order valence-electron chi connectivity index (χ3n) is 4.53. The summed E-state index contributed by atoms with van der Waals surface area (Å²) in [5.41, 5.74) is 0.126. The maximum atomic E-state index is 13.5. The van der Waals surface area contributed by atoms with Crippen LogP contribution in [-0.2, 0) is 16.1 Å². The smallest absolute Gasteiger partial charge is 0.293 e.